The maximum atomic E-state index is 11.0. The number of hydrogen-bond donors (Lipinski definition) is 2. The number of nitrogens with zero attached hydrogens (tertiary/aromatic N) is 1. The third-order valence-corrected chi connectivity index (χ3v) is 3.45. The van der Waals surface area contributed by atoms with Crippen LogP contribution in [0.2, 0.25) is 0 Å². The van der Waals surface area contributed by atoms with Crippen molar-refractivity contribution >= 4 is 23.1 Å². The Kier molecular flexibility index (Phi) is 4.98. The van der Waals surface area contributed by atoms with Crippen LogP contribution in [0.4, 0.5) is 11.4 Å². The molecule has 0 spiro atoms. The number of hydrogen-bond acceptors (Lipinski definition) is 5. The molecule has 5 nitrogen and oxygen atoms in total. The molecule has 0 fully saturated rings. The molecule has 18 heavy (non-hydrogen) atoms. The van der Waals surface area contributed by atoms with Gasteiger partial charge >= 0.3 is 0 Å². The topological polar surface area (TPSA) is 75.4 Å². The highest BCUT2D eigenvalue weighted by Gasteiger charge is 2.22. The number of anilines is 1. The molecule has 0 saturated heterocycles. The molecule has 100 valence electrons. The van der Waals surface area contributed by atoms with Crippen molar-refractivity contribution in [1.82, 2.24) is 0 Å². The molecule has 0 amide bonds. The van der Waals surface area contributed by atoms with Crippen molar-refractivity contribution < 1.29 is 10.0 Å². The van der Waals surface area contributed by atoms with Crippen molar-refractivity contribution in [3.8, 4) is 0 Å². The summed E-state index contributed by atoms with van der Waals surface area (Å²) in [4.78, 5) is 10.6. The molecule has 2 N–H and O–H groups in total. The summed E-state index contributed by atoms with van der Waals surface area (Å²) in [6.07, 6.45) is 1.91. The predicted molar refractivity (Wildman–Crippen MR) is 75.3 cm³/mol. The van der Waals surface area contributed by atoms with Gasteiger partial charge in [0.1, 0.15) is 5.69 Å². The zero-order valence-corrected chi connectivity index (χ0v) is 11.6. The van der Waals surface area contributed by atoms with E-state index in [1.807, 2.05) is 6.26 Å². The number of aliphatic hydroxyl groups is 1. The first kappa shape index (κ1) is 14.8. The van der Waals surface area contributed by atoms with E-state index in [-0.39, 0.29) is 12.2 Å². The van der Waals surface area contributed by atoms with Gasteiger partial charge in [-0.25, -0.2) is 0 Å². The summed E-state index contributed by atoms with van der Waals surface area (Å²) < 4.78 is 0. The van der Waals surface area contributed by atoms with Gasteiger partial charge in [-0.15, -0.1) is 0 Å². The van der Waals surface area contributed by atoms with Crippen LogP contribution in [-0.2, 0) is 0 Å². The Labute approximate surface area is 111 Å². The van der Waals surface area contributed by atoms with Gasteiger partial charge in [-0.1, -0.05) is 12.1 Å². The molecule has 1 atom stereocenters. The summed E-state index contributed by atoms with van der Waals surface area (Å²) in [7, 11) is 0. The second-order valence-corrected chi connectivity index (χ2v) is 5.38. The molecule has 1 rings (SSSR count). The van der Waals surface area contributed by atoms with E-state index in [0.29, 0.717) is 17.0 Å². The molecule has 0 bridgehead atoms. The Hall–Kier alpha value is -1.27. The summed E-state index contributed by atoms with van der Waals surface area (Å²) in [5, 5.41) is 24.0. The second-order valence-electron chi connectivity index (χ2n) is 4.51. The van der Waals surface area contributed by atoms with E-state index in [0.717, 1.165) is 0 Å². The lowest BCUT2D eigenvalue weighted by atomic mass is 10.1. The Bertz CT molecular complexity index is 435. The first-order valence-electron chi connectivity index (χ1n) is 5.56. The average Bonchev–Trinajstić information content (AvgIpc) is 2.26. The van der Waals surface area contributed by atoms with Crippen molar-refractivity contribution in [3.05, 3.63) is 33.9 Å². The third kappa shape index (κ3) is 3.89. The molecule has 1 aromatic rings. The van der Waals surface area contributed by atoms with Crippen LogP contribution in [-0.4, -0.2) is 34.2 Å². The van der Waals surface area contributed by atoms with Crippen LogP contribution in [0.15, 0.2) is 18.2 Å². The van der Waals surface area contributed by atoms with Gasteiger partial charge in [-0.05, 0) is 26.2 Å². The molecule has 0 aliphatic carbocycles. The molecule has 1 unspecified atom stereocenters. The fourth-order valence-corrected chi connectivity index (χ4v) is 2.42. The summed E-state index contributed by atoms with van der Waals surface area (Å²) in [5.74, 6) is 0.569. The normalized spacial score (nSPS) is 14.0. The van der Waals surface area contributed by atoms with E-state index in [1.54, 1.807) is 32.0 Å². The largest absolute Gasteiger partial charge is 0.387 e. The van der Waals surface area contributed by atoms with Gasteiger partial charge in [-0.2, -0.15) is 11.8 Å². The zero-order valence-electron chi connectivity index (χ0n) is 10.8. The SMILES string of the molecule is CSCC(C)(O)CNc1cccc(C)c1[N+](=O)[O-]. The van der Waals surface area contributed by atoms with Crippen LogP contribution in [0.5, 0.6) is 0 Å². The number of benzene rings is 1. The Balaban J connectivity index is 2.85. The van der Waals surface area contributed by atoms with Crippen LogP contribution < -0.4 is 5.32 Å². The number of thioether (sulfide) groups is 1. The van der Waals surface area contributed by atoms with E-state index in [2.05, 4.69) is 5.32 Å². The number of rotatable bonds is 6. The molecule has 0 aliphatic rings. The molecule has 1 aromatic carbocycles. The number of aryl methyl sites for hydroxylation is 1. The fraction of sp³-hybridized carbons (Fsp3) is 0.500. The molecule has 6 heteroatoms. The van der Waals surface area contributed by atoms with E-state index < -0.39 is 10.5 Å². The number of para-hydroxylation sites is 1. The van der Waals surface area contributed by atoms with Gasteiger partial charge in [0.15, 0.2) is 0 Å². The standard InChI is InChI=1S/C12H18N2O3S/c1-9-5-4-6-10(11(9)14(16)17)13-7-12(2,15)8-18-3/h4-6,13,15H,7-8H2,1-3H3. The van der Waals surface area contributed by atoms with Crippen molar-refractivity contribution in [1.29, 1.82) is 0 Å². The Morgan fingerprint density at radius 2 is 2.22 bits per heavy atom. The average molecular weight is 270 g/mol. The molecule has 0 radical (unpaired) electrons. The highest BCUT2D eigenvalue weighted by atomic mass is 32.2. The van der Waals surface area contributed by atoms with E-state index >= 15 is 0 Å². The first-order valence-corrected chi connectivity index (χ1v) is 6.96. The van der Waals surface area contributed by atoms with Crippen molar-refractivity contribution in [2.75, 3.05) is 23.9 Å². The van der Waals surface area contributed by atoms with Crippen LogP contribution in [0.25, 0.3) is 0 Å². The lowest BCUT2D eigenvalue weighted by molar-refractivity contribution is -0.384. The monoisotopic (exact) mass is 270 g/mol. The first-order chi connectivity index (χ1) is 8.37. The van der Waals surface area contributed by atoms with Gasteiger partial charge in [0.25, 0.3) is 5.69 Å². The zero-order chi connectivity index (χ0) is 13.8. The number of nitro benzene ring substituents is 1. The van der Waals surface area contributed by atoms with Crippen molar-refractivity contribution in [3.63, 3.8) is 0 Å². The van der Waals surface area contributed by atoms with Gasteiger partial charge in [0.2, 0.25) is 0 Å². The lowest BCUT2D eigenvalue weighted by Crippen LogP contribution is -2.36. The molecule has 0 aromatic heterocycles. The fourth-order valence-electron chi connectivity index (χ4n) is 1.69. The molecular weight excluding hydrogens is 252 g/mol. The van der Waals surface area contributed by atoms with E-state index in [9.17, 15) is 15.2 Å². The van der Waals surface area contributed by atoms with Crippen LogP contribution in [0, 0.1) is 17.0 Å². The summed E-state index contributed by atoms with van der Waals surface area (Å²) in [6.45, 7) is 3.68. The summed E-state index contributed by atoms with van der Waals surface area (Å²) >= 11 is 1.53. The predicted octanol–water partition coefficient (Wildman–Crippen LogP) is 2.43. The number of nitro groups is 1. The van der Waals surface area contributed by atoms with Crippen LogP contribution in [0.3, 0.4) is 0 Å². The van der Waals surface area contributed by atoms with Crippen LogP contribution in [0.1, 0.15) is 12.5 Å². The Morgan fingerprint density at radius 1 is 1.56 bits per heavy atom. The second kappa shape index (κ2) is 6.06. The minimum Gasteiger partial charge on any atom is -0.387 e. The summed E-state index contributed by atoms with van der Waals surface area (Å²) in [6, 6.07) is 5.11. The van der Waals surface area contributed by atoms with E-state index in [1.165, 1.54) is 11.8 Å². The van der Waals surface area contributed by atoms with Gasteiger partial charge in [0, 0.05) is 17.9 Å². The summed E-state index contributed by atoms with van der Waals surface area (Å²) in [5.41, 5.74) is 0.227. The van der Waals surface area contributed by atoms with Crippen LogP contribution >= 0.6 is 11.8 Å². The van der Waals surface area contributed by atoms with Gasteiger partial charge in [0.05, 0.1) is 10.5 Å². The number of nitrogens with one attached hydrogen (secondary N) is 1. The maximum absolute atomic E-state index is 11.0. The molecular formula is C12H18N2O3S. The van der Waals surface area contributed by atoms with E-state index in [4.69, 9.17) is 0 Å². The minimum absolute atomic E-state index is 0.0671. The Morgan fingerprint density at radius 3 is 2.78 bits per heavy atom. The maximum Gasteiger partial charge on any atom is 0.295 e. The van der Waals surface area contributed by atoms with Crippen molar-refractivity contribution in [2.45, 2.75) is 19.4 Å². The van der Waals surface area contributed by atoms with Gasteiger partial charge < -0.3 is 10.4 Å². The highest BCUT2D eigenvalue weighted by Crippen LogP contribution is 2.28. The molecule has 0 saturated carbocycles. The van der Waals surface area contributed by atoms with Gasteiger partial charge in [-0.3, -0.25) is 10.1 Å². The smallest absolute Gasteiger partial charge is 0.295 e. The quantitative estimate of drug-likeness (QED) is 0.613. The van der Waals surface area contributed by atoms with Crippen molar-refractivity contribution in [2.24, 2.45) is 0 Å². The highest BCUT2D eigenvalue weighted by molar-refractivity contribution is 7.98. The molecule has 0 heterocycles. The minimum atomic E-state index is -0.892. The molecule has 0 aliphatic heterocycles. The third-order valence-electron chi connectivity index (χ3n) is 2.54. The lowest BCUT2D eigenvalue weighted by Gasteiger charge is -2.23.